The Kier molecular flexibility index (Phi) is 6.64. The van der Waals surface area contributed by atoms with Crippen molar-refractivity contribution in [3.05, 3.63) is 0 Å². The first kappa shape index (κ1) is 17.2. The topological polar surface area (TPSA) is 84.9 Å². The van der Waals surface area contributed by atoms with Crippen molar-refractivity contribution in [3.8, 4) is 0 Å². The summed E-state index contributed by atoms with van der Waals surface area (Å²) in [4.78, 5) is 23.9. The van der Waals surface area contributed by atoms with Crippen molar-refractivity contribution < 1.29 is 24.2 Å². The van der Waals surface area contributed by atoms with Gasteiger partial charge < -0.3 is 19.9 Å². The summed E-state index contributed by atoms with van der Waals surface area (Å²) in [5.74, 6) is -1.48. The van der Waals surface area contributed by atoms with Crippen LogP contribution in [0.25, 0.3) is 0 Å². The fourth-order valence-corrected chi connectivity index (χ4v) is 3.26. The maximum Gasteiger partial charge on any atom is 0.326 e. The zero-order chi connectivity index (χ0) is 15.9. The maximum absolute atomic E-state index is 12.4. The molecule has 3 unspecified atom stereocenters. The third-order valence-electron chi connectivity index (χ3n) is 4.55. The van der Waals surface area contributed by atoms with Crippen LogP contribution in [0.1, 0.15) is 51.9 Å². The normalized spacial score (nSPS) is 25.6. The largest absolute Gasteiger partial charge is 0.480 e. The molecule has 1 heterocycles. The van der Waals surface area contributed by atoms with E-state index in [-0.39, 0.29) is 17.9 Å². The van der Waals surface area contributed by atoms with E-state index in [9.17, 15) is 14.7 Å². The molecule has 126 valence electrons. The number of nitrogens with one attached hydrogen (secondary N) is 1. The minimum Gasteiger partial charge on any atom is -0.480 e. The van der Waals surface area contributed by atoms with Crippen molar-refractivity contribution in [2.75, 3.05) is 13.2 Å². The lowest BCUT2D eigenvalue weighted by Crippen LogP contribution is -2.51. The van der Waals surface area contributed by atoms with Crippen LogP contribution in [0, 0.1) is 5.92 Å². The van der Waals surface area contributed by atoms with Crippen molar-refractivity contribution in [3.63, 3.8) is 0 Å². The van der Waals surface area contributed by atoms with E-state index in [1.807, 2.05) is 6.92 Å². The number of hydrogen-bond acceptors (Lipinski definition) is 4. The molecule has 0 aromatic rings. The minimum atomic E-state index is -1.00. The van der Waals surface area contributed by atoms with Gasteiger partial charge in [0.15, 0.2) is 0 Å². The molecular formula is C16H27NO5. The molecule has 0 aromatic carbocycles. The second-order valence-electron chi connectivity index (χ2n) is 6.24. The van der Waals surface area contributed by atoms with Gasteiger partial charge in [0.1, 0.15) is 12.1 Å². The number of amides is 1. The second-order valence-corrected chi connectivity index (χ2v) is 6.24. The van der Waals surface area contributed by atoms with E-state index >= 15 is 0 Å². The Morgan fingerprint density at radius 1 is 1.27 bits per heavy atom. The average Bonchev–Trinajstić information content (AvgIpc) is 3.03. The van der Waals surface area contributed by atoms with Crippen molar-refractivity contribution in [1.29, 1.82) is 0 Å². The van der Waals surface area contributed by atoms with E-state index < -0.39 is 18.1 Å². The monoisotopic (exact) mass is 313 g/mol. The molecule has 1 saturated heterocycles. The van der Waals surface area contributed by atoms with Gasteiger partial charge in [-0.1, -0.05) is 19.8 Å². The maximum atomic E-state index is 12.4. The Labute approximate surface area is 131 Å². The number of carbonyl (C=O) groups is 2. The zero-order valence-electron chi connectivity index (χ0n) is 13.3. The summed E-state index contributed by atoms with van der Waals surface area (Å²) < 4.78 is 11.2. The summed E-state index contributed by atoms with van der Waals surface area (Å²) in [7, 11) is 0. The minimum absolute atomic E-state index is 0.136. The van der Waals surface area contributed by atoms with E-state index in [0.29, 0.717) is 19.6 Å². The van der Waals surface area contributed by atoms with E-state index in [4.69, 9.17) is 9.47 Å². The van der Waals surface area contributed by atoms with E-state index in [2.05, 4.69) is 5.32 Å². The van der Waals surface area contributed by atoms with Crippen LogP contribution in [0.5, 0.6) is 0 Å². The molecule has 0 aromatic heterocycles. The van der Waals surface area contributed by atoms with Gasteiger partial charge in [-0.15, -0.1) is 0 Å². The summed E-state index contributed by atoms with van der Waals surface area (Å²) in [6, 6.07) is -0.894. The smallest absolute Gasteiger partial charge is 0.326 e. The van der Waals surface area contributed by atoms with Gasteiger partial charge in [-0.05, 0) is 32.1 Å². The van der Waals surface area contributed by atoms with Gasteiger partial charge in [0.25, 0.3) is 0 Å². The molecule has 1 aliphatic heterocycles. The molecule has 2 N–H and O–H groups in total. The standard InChI is InChI=1S/C16H27NO5/c1-2-13(22-12-7-3-4-8-12)15(18)17-14(16(19)20)11-6-5-9-21-10-11/h11-14H,2-10H2,1H3,(H,17,18)(H,19,20). The van der Waals surface area contributed by atoms with Crippen LogP contribution >= 0.6 is 0 Å². The molecular weight excluding hydrogens is 286 g/mol. The van der Waals surface area contributed by atoms with Gasteiger partial charge in [0.05, 0.1) is 12.7 Å². The summed E-state index contributed by atoms with van der Waals surface area (Å²) in [5, 5.41) is 12.1. The van der Waals surface area contributed by atoms with E-state index in [1.165, 1.54) is 0 Å². The van der Waals surface area contributed by atoms with Gasteiger partial charge in [-0.25, -0.2) is 4.79 Å². The van der Waals surface area contributed by atoms with Crippen LogP contribution in [-0.2, 0) is 19.1 Å². The number of carbonyl (C=O) groups excluding carboxylic acids is 1. The van der Waals surface area contributed by atoms with Crippen LogP contribution in [0.15, 0.2) is 0 Å². The molecule has 3 atom stereocenters. The van der Waals surface area contributed by atoms with Gasteiger partial charge in [0, 0.05) is 12.5 Å². The highest BCUT2D eigenvalue weighted by molar-refractivity contribution is 5.86. The van der Waals surface area contributed by atoms with Crippen LogP contribution < -0.4 is 5.32 Å². The lowest BCUT2D eigenvalue weighted by atomic mass is 9.93. The molecule has 1 saturated carbocycles. The predicted molar refractivity (Wildman–Crippen MR) is 80.5 cm³/mol. The van der Waals surface area contributed by atoms with Crippen molar-refractivity contribution >= 4 is 11.9 Å². The third-order valence-corrected chi connectivity index (χ3v) is 4.55. The molecule has 1 amide bonds. The summed E-state index contributed by atoms with van der Waals surface area (Å²) in [6.45, 7) is 2.94. The fraction of sp³-hybridized carbons (Fsp3) is 0.875. The number of ether oxygens (including phenoxy) is 2. The Hall–Kier alpha value is -1.14. The molecule has 2 aliphatic rings. The molecule has 6 nitrogen and oxygen atoms in total. The number of hydrogen-bond donors (Lipinski definition) is 2. The lowest BCUT2D eigenvalue weighted by molar-refractivity contribution is -0.149. The quantitative estimate of drug-likeness (QED) is 0.747. The average molecular weight is 313 g/mol. The van der Waals surface area contributed by atoms with Gasteiger partial charge >= 0.3 is 5.97 Å². The predicted octanol–water partition coefficient (Wildman–Crippen LogP) is 1.72. The van der Waals surface area contributed by atoms with Crippen molar-refractivity contribution in [1.82, 2.24) is 5.32 Å². The van der Waals surface area contributed by atoms with Gasteiger partial charge in [-0.2, -0.15) is 0 Å². The lowest BCUT2D eigenvalue weighted by Gasteiger charge is -2.29. The molecule has 1 aliphatic carbocycles. The molecule has 2 rings (SSSR count). The molecule has 0 bridgehead atoms. The van der Waals surface area contributed by atoms with Crippen LogP contribution in [0.3, 0.4) is 0 Å². The number of carboxylic acid groups (broad SMARTS) is 1. The van der Waals surface area contributed by atoms with E-state index in [1.54, 1.807) is 0 Å². The van der Waals surface area contributed by atoms with Crippen LogP contribution in [-0.4, -0.2) is 48.4 Å². The molecule has 0 spiro atoms. The highest BCUT2D eigenvalue weighted by Crippen LogP contribution is 2.23. The highest BCUT2D eigenvalue weighted by Gasteiger charge is 2.34. The van der Waals surface area contributed by atoms with Crippen LogP contribution in [0.2, 0.25) is 0 Å². The number of rotatable bonds is 7. The summed E-state index contributed by atoms with van der Waals surface area (Å²) in [5.41, 5.74) is 0. The molecule has 6 heteroatoms. The van der Waals surface area contributed by atoms with E-state index in [0.717, 1.165) is 38.5 Å². The molecule has 0 radical (unpaired) electrons. The van der Waals surface area contributed by atoms with Crippen molar-refractivity contribution in [2.45, 2.75) is 70.1 Å². The number of carboxylic acids is 1. The molecule has 2 fully saturated rings. The second kappa shape index (κ2) is 8.48. The Morgan fingerprint density at radius 2 is 2.00 bits per heavy atom. The third kappa shape index (κ3) is 4.68. The Morgan fingerprint density at radius 3 is 2.55 bits per heavy atom. The van der Waals surface area contributed by atoms with Gasteiger partial charge in [-0.3, -0.25) is 4.79 Å². The SMILES string of the molecule is CCC(OC1CCCC1)C(=O)NC(C(=O)O)C1CCCOC1. The highest BCUT2D eigenvalue weighted by atomic mass is 16.5. The first-order valence-electron chi connectivity index (χ1n) is 8.38. The Balaban J connectivity index is 1.91. The summed E-state index contributed by atoms with van der Waals surface area (Å²) >= 11 is 0. The first-order valence-corrected chi connectivity index (χ1v) is 8.38. The molecule has 22 heavy (non-hydrogen) atoms. The Bertz CT molecular complexity index is 375. The first-order chi connectivity index (χ1) is 10.6. The van der Waals surface area contributed by atoms with Crippen molar-refractivity contribution in [2.24, 2.45) is 5.92 Å². The van der Waals surface area contributed by atoms with Crippen LogP contribution in [0.4, 0.5) is 0 Å². The zero-order valence-corrected chi connectivity index (χ0v) is 13.3. The summed E-state index contributed by atoms with van der Waals surface area (Å²) in [6.07, 6.45) is 5.98. The van der Waals surface area contributed by atoms with Gasteiger partial charge in [0.2, 0.25) is 5.91 Å². The number of aliphatic carboxylic acids is 1. The fourth-order valence-electron chi connectivity index (χ4n) is 3.26.